The molecule has 2 heteroatoms. The fraction of sp³-hybridized carbons (Fsp3) is 0.111. The zero-order valence-electron chi connectivity index (χ0n) is 6.07. The standard InChI is InChI=1S/C9H7Cl2/c1-2-4-7-5-3-6-8(10)9(7)11/h3-6H,1H3. The maximum atomic E-state index is 5.87. The van der Waals surface area contributed by atoms with Crippen LogP contribution in [0.15, 0.2) is 18.2 Å². The lowest BCUT2D eigenvalue weighted by Gasteiger charge is -1.98. The van der Waals surface area contributed by atoms with Crippen molar-refractivity contribution in [2.24, 2.45) is 0 Å². The van der Waals surface area contributed by atoms with Crippen molar-refractivity contribution in [3.8, 4) is 0 Å². The average molecular weight is 186 g/mol. The molecule has 0 spiro atoms. The Hall–Kier alpha value is -0.460. The molecule has 57 valence electrons. The van der Waals surface area contributed by atoms with Gasteiger partial charge in [0.2, 0.25) is 0 Å². The fourth-order valence-electron chi connectivity index (χ4n) is 0.787. The van der Waals surface area contributed by atoms with Crippen molar-refractivity contribution in [1.29, 1.82) is 0 Å². The van der Waals surface area contributed by atoms with Crippen molar-refractivity contribution < 1.29 is 0 Å². The second-order valence-corrected chi connectivity index (χ2v) is 2.86. The first-order valence-corrected chi connectivity index (χ1v) is 3.96. The van der Waals surface area contributed by atoms with E-state index >= 15 is 0 Å². The van der Waals surface area contributed by atoms with E-state index in [0.29, 0.717) is 10.0 Å². The van der Waals surface area contributed by atoms with E-state index in [-0.39, 0.29) is 0 Å². The van der Waals surface area contributed by atoms with Crippen LogP contribution in [-0.2, 0) is 0 Å². The van der Waals surface area contributed by atoms with Gasteiger partial charge in [0.1, 0.15) is 0 Å². The lowest BCUT2D eigenvalue weighted by molar-refractivity contribution is 1.62. The molecule has 0 aliphatic carbocycles. The molecule has 1 aromatic rings. The molecule has 0 unspecified atom stereocenters. The lowest BCUT2D eigenvalue weighted by atomic mass is 10.2. The third-order valence-electron chi connectivity index (χ3n) is 1.28. The van der Waals surface area contributed by atoms with Gasteiger partial charge in [0, 0.05) is 0 Å². The Balaban J connectivity index is 3.16. The van der Waals surface area contributed by atoms with Gasteiger partial charge in [-0.3, -0.25) is 0 Å². The second-order valence-electron chi connectivity index (χ2n) is 2.08. The van der Waals surface area contributed by atoms with Crippen LogP contribution < -0.4 is 0 Å². The maximum Gasteiger partial charge on any atom is 0.0664 e. The SMILES string of the molecule is C[C]=Cc1cccc(Cl)c1Cl. The van der Waals surface area contributed by atoms with Gasteiger partial charge in [-0.25, -0.2) is 0 Å². The minimum absolute atomic E-state index is 0.579. The van der Waals surface area contributed by atoms with Crippen LogP contribution in [0.3, 0.4) is 0 Å². The highest BCUT2D eigenvalue weighted by molar-refractivity contribution is 6.42. The number of hydrogen-bond acceptors (Lipinski definition) is 0. The summed E-state index contributed by atoms with van der Waals surface area (Å²) in [5.74, 6) is 0. The van der Waals surface area contributed by atoms with Gasteiger partial charge in [0.25, 0.3) is 0 Å². The Bertz CT molecular complexity index is 277. The molecule has 1 rings (SSSR count). The van der Waals surface area contributed by atoms with Crippen molar-refractivity contribution in [3.05, 3.63) is 39.9 Å². The van der Waals surface area contributed by atoms with Gasteiger partial charge in [-0.05, 0) is 24.6 Å². The van der Waals surface area contributed by atoms with Crippen molar-refractivity contribution >= 4 is 29.3 Å². The zero-order chi connectivity index (χ0) is 8.27. The van der Waals surface area contributed by atoms with Gasteiger partial charge >= 0.3 is 0 Å². The van der Waals surface area contributed by atoms with Crippen LogP contribution in [0.1, 0.15) is 12.5 Å². The molecule has 0 nitrogen and oxygen atoms in total. The van der Waals surface area contributed by atoms with Crippen molar-refractivity contribution in [2.45, 2.75) is 6.92 Å². The van der Waals surface area contributed by atoms with Gasteiger partial charge in [-0.2, -0.15) is 0 Å². The van der Waals surface area contributed by atoms with Gasteiger partial charge < -0.3 is 0 Å². The number of halogens is 2. The van der Waals surface area contributed by atoms with E-state index in [0.717, 1.165) is 5.56 Å². The first kappa shape index (κ1) is 8.63. The van der Waals surface area contributed by atoms with Crippen molar-refractivity contribution in [1.82, 2.24) is 0 Å². The highest BCUT2D eigenvalue weighted by Crippen LogP contribution is 2.25. The Morgan fingerprint density at radius 1 is 1.36 bits per heavy atom. The smallest absolute Gasteiger partial charge is 0.0664 e. The minimum Gasteiger partial charge on any atom is -0.0827 e. The molecule has 0 saturated carbocycles. The molecule has 1 aromatic carbocycles. The predicted octanol–water partition coefficient (Wildman–Crippen LogP) is 3.83. The molecular weight excluding hydrogens is 179 g/mol. The first-order chi connectivity index (χ1) is 5.25. The summed E-state index contributed by atoms with van der Waals surface area (Å²) < 4.78 is 0. The fourth-order valence-corrected chi connectivity index (χ4v) is 1.15. The highest BCUT2D eigenvalue weighted by Gasteiger charge is 1.99. The van der Waals surface area contributed by atoms with Crippen molar-refractivity contribution in [2.75, 3.05) is 0 Å². The molecule has 0 fully saturated rings. The van der Waals surface area contributed by atoms with E-state index in [1.165, 1.54) is 0 Å². The summed E-state index contributed by atoms with van der Waals surface area (Å²) >= 11 is 11.6. The molecule has 0 atom stereocenters. The van der Waals surface area contributed by atoms with Crippen LogP contribution in [0.5, 0.6) is 0 Å². The third-order valence-corrected chi connectivity index (χ3v) is 2.11. The molecular formula is C9H7Cl2. The molecule has 0 heterocycles. The van der Waals surface area contributed by atoms with Crippen LogP contribution >= 0.6 is 23.2 Å². The Morgan fingerprint density at radius 3 is 2.73 bits per heavy atom. The largest absolute Gasteiger partial charge is 0.0827 e. The van der Waals surface area contributed by atoms with Gasteiger partial charge in [-0.15, -0.1) is 0 Å². The predicted molar refractivity (Wildman–Crippen MR) is 49.8 cm³/mol. The number of rotatable bonds is 1. The molecule has 0 bridgehead atoms. The van der Waals surface area contributed by atoms with Crippen molar-refractivity contribution in [3.63, 3.8) is 0 Å². The Kier molecular flexibility index (Phi) is 2.98. The quantitative estimate of drug-likeness (QED) is 0.625. The summed E-state index contributed by atoms with van der Waals surface area (Å²) in [6, 6.07) is 5.51. The molecule has 0 aromatic heterocycles. The summed E-state index contributed by atoms with van der Waals surface area (Å²) in [4.78, 5) is 0. The second kappa shape index (κ2) is 3.80. The third kappa shape index (κ3) is 1.98. The average Bonchev–Trinajstić information content (AvgIpc) is 1.99. The van der Waals surface area contributed by atoms with E-state index in [4.69, 9.17) is 23.2 Å². The van der Waals surface area contributed by atoms with Gasteiger partial charge in [0.15, 0.2) is 0 Å². The highest BCUT2D eigenvalue weighted by atomic mass is 35.5. The van der Waals surface area contributed by atoms with E-state index in [1.807, 2.05) is 19.1 Å². The van der Waals surface area contributed by atoms with E-state index in [1.54, 1.807) is 12.1 Å². The normalized spacial score (nSPS) is 10.8. The number of benzene rings is 1. The topological polar surface area (TPSA) is 0 Å². The van der Waals surface area contributed by atoms with Gasteiger partial charge in [-0.1, -0.05) is 41.4 Å². The zero-order valence-corrected chi connectivity index (χ0v) is 7.58. The first-order valence-electron chi connectivity index (χ1n) is 3.20. The Morgan fingerprint density at radius 2 is 2.09 bits per heavy atom. The van der Waals surface area contributed by atoms with Gasteiger partial charge in [0.05, 0.1) is 10.0 Å². The molecule has 0 amide bonds. The molecule has 1 radical (unpaired) electrons. The van der Waals surface area contributed by atoms with E-state index < -0.39 is 0 Å². The number of allylic oxidation sites excluding steroid dienone is 1. The Labute approximate surface area is 76.4 Å². The summed E-state index contributed by atoms with van der Waals surface area (Å²) in [5.41, 5.74) is 0.904. The van der Waals surface area contributed by atoms with E-state index in [9.17, 15) is 0 Å². The molecule has 0 saturated heterocycles. The maximum absolute atomic E-state index is 5.87. The summed E-state index contributed by atoms with van der Waals surface area (Å²) in [6.45, 7) is 1.82. The summed E-state index contributed by atoms with van der Waals surface area (Å²) in [6.07, 6.45) is 4.68. The monoisotopic (exact) mass is 185 g/mol. The molecule has 0 aliphatic heterocycles. The summed E-state index contributed by atoms with van der Waals surface area (Å²) in [7, 11) is 0. The summed E-state index contributed by atoms with van der Waals surface area (Å²) in [5, 5.41) is 1.17. The van der Waals surface area contributed by atoms with Crippen LogP contribution in [0.2, 0.25) is 10.0 Å². The number of hydrogen-bond donors (Lipinski definition) is 0. The van der Waals surface area contributed by atoms with Crippen LogP contribution in [0.25, 0.3) is 6.08 Å². The molecule has 0 aliphatic rings. The van der Waals surface area contributed by atoms with Crippen LogP contribution in [0.4, 0.5) is 0 Å². The molecule has 11 heavy (non-hydrogen) atoms. The lowest BCUT2D eigenvalue weighted by Crippen LogP contribution is -1.74. The minimum atomic E-state index is 0.579. The van der Waals surface area contributed by atoms with Crippen LogP contribution in [0, 0.1) is 6.08 Å². The molecule has 0 N–H and O–H groups in total. The van der Waals surface area contributed by atoms with E-state index in [2.05, 4.69) is 6.08 Å². The van der Waals surface area contributed by atoms with Crippen LogP contribution in [-0.4, -0.2) is 0 Å².